The van der Waals surface area contributed by atoms with Crippen molar-refractivity contribution in [3.05, 3.63) is 28.6 Å². The van der Waals surface area contributed by atoms with Crippen LogP contribution in [-0.4, -0.2) is 19.7 Å². The summed E-state index contributed by atoms with van der Waals surface area (Å²) in [6, 6.07) is 5.19. The highest BCUT2D eigenvalue weighted by Gasteiger charge is 2.24. The Balaban J connectivity index is 2.18. The number of hydrogen-bond acceptors (Lipinski definition) is 5. The van der Waals surface area contributed by atoms with E-state index in [-0.39, 0.29) is 0 Å². The zero-order chi connectivity index (χ0) is 12.9. The van der Waals surface area contributed by atoms with Gasteiger partial charge >= 0.3 is 0 Å². The van der Waals surface area contributed by atoms with E-state index in [1.54, 1.807) is 12.1 Å². The summed E-state index contributed by atoms with van der Waals surface area (Å²) in [6.45, 7) is 0. The third kappa shape index (κ3) is 1.81. The first-order valence-corrected chi connectivity index (χ1v) is 8.27. The largest absolute Gasteiger partial charge is 0.274 e. The predicted octanol–water partition coefficient (Wildman–Crippen LogP) is 2.68. The van der Waals surface area contributed by atoms with Crippen LogP contribution in [0.2, 0.25) is 0 Å². The van der Waals surface area contributed by atoms with Crippen molar-refractivity contribution in [3.8, 4) is 11.3 Å². The second-order valence-corrected chi connectivity index (χ2v) is 7.44. The number of anilines is 1. The monoisotopic (exact) mass is 300 g/mol. The Hall–Kier alpha value is -1.11. The van der Waals surface area contributed by atoms with Gasteiger partial charge in [-0.25, -0.2) is 13.4 Å². The number of halogens is 1. The maximum absolute atomic E-state index is 11.6. The third-order valence-corrected chi connectivity index (χ3v) is 5.27. The van der Waals surface area contributed by atoms with Gasteiger partial charge in [0.2, 0.25) is 0 Å². The van der Waals surface area contributed by atoms with Crippen molar-refractivity contribution < 1.29 is 8.42 Å². The lowest BCUT2D eigenvalue weighted by molar-refractivity contribution is 0.602. The molecule has 1 N–H and O–H groups in total. The zero-order valence-corrected chi connectivity index (χ0v) is 11.8. The molecule has 1 aromatic carbocycles. The van der Waals surface area contributed by atoms with Crippen LogP contribution in [0, 0.1) is 0 Å². The number of hydrogen-bond donors (Lipinski definition) is 1. The number of nitrogens with one attached hydrogen (secondary N) is 1. The number of benzene rings is 1. The Morgan fingerprint density at radius 2 is 2.22 bits per heavy atom. The first kappa shape index (κ1) is 12.0. The number of thiazole rings is 1. The summed E-state index contributed by atoms with van der Waals surface area (Å²) in [5, 5.41) is 0.636. The Morgan fingerprint density at radius 3 is 2.89 bits per heavy atom. The Bertz CT molecular complexity index is 737. The molecule has 0 unspecified atom stereocenters. The predicted molar refractivity (Wildman–Crippen MR) is 72.9 cm³/mol. The molecule has 0 fully saturated rings. The minimum atomic E-state index is -3.19. The Morgan fingerprint density at radius 1 is 1.44 bits per heavy atom. The maximum Gasteiger partial charge on any atom is 0.198 e. The topological polar surface area (TPSA) is 59.1 Å². The summed E-state index contributed by atoms with van der Waals surface area (Å²) >= 11 is 7.01. The maximum atomic E-state index is 11.6. The second-order valence-electron chi connectivity index (χ2n) is 4.15. The minimum absolute atomic E-state index is 0.322. The molecule has 0 spiro atoms. The lowest BCUT2D eigenvalue weighted by atomic mass is 10.1. The van der Waals surface area contributed by atoms with E-state index >= 15 is 0 Å². The number of fused-ring (bicyclic) bond motifs is 3. The smallest absolute Gasteiger partial charge is 0.198 e. The fourth-order valence-electron chi connectivity index (χ4n) is 2.06. The van der Waals surface area contributed by atoms with Gasteiger partial charge in [-0.1, -0.05) is 17.4 Å². The molecule has 94 valence electrons. The standard InChI is InChI=1S/C11H9ClN2O2S2/c1-18(15,16)7-3-2-6-4-9-10(8(6)5-7)13-11(14-12)17-9/h2-3,5H,4H2,1H3,(H,13,14). The van der Waals surface area contributed by atoms with Gasteiger partial charge in [-0.05, 0) is 17.7 Å². The van der Waals surface area contributed by atoms with Crippen LogP contribution in [-0.2, 0) is 16.3 Å². The molecule has 7 heteroatoms. The lowest BCUT2D eigenvalue weighted by Crippen LogP contribution is -1.97. The minimum Gasteiger partial charge on any atom is -0.274 e. The van der Waals surface area contributed by atoms with Crippen LogP contribution in [0.5, 0.6) is 0 Å². The summed E-state index contributed by atoms with van der Waals surface area (Å²) in [5.74, 6) is 0. The van der Waals surface area contributed by atoms with Gasteiger partial charge in [0.15, 0.2) is 15.0 Å². The molecular weight excluding hydrogens is 292 g/mol. The van der Waals surface area contributed by atoms with Crippen molar-refractivity contribution in [1.29, 1.82) is 0 Å². The van der Waals surface area contributed by atoms with E-state index in [4.69, 9.17) is 11.8 Å². The van der Waals surface area contributed by atoms with Gasteiger partial charge in [0, 0.05) is 34.9 Å². The highest BCUT2D eigenvalue weighted by atomic mass is 35.5. The highest BCUT2D eigenvalue weighted by Crippen LogP contribution is 2.41. The molecular formula is C11H9ClN2O2S2. The molecule has 0 radical (unpaired) electrons. The van der Waals surface area contributed by atoms with Crippen LogP contribution in [0.1, 0.15) is 10.4 Å². The molecule has 4 nitrogen and oxygen atoms in total. The van der Waals surface area contributed by atoms with E-state index in [1.807, 2.05) is 6.07 Å². The highest BCUT2D eigenvalue weighted by molar-refractivity contribution is 7.90. The van der Waals surface area contributed by atoms with Gasteiger partial charge in [0.1, 0.15) is 0 Å². The van der Waals surface area contributed by atoms with E-state index < -0.39 is 9.84 Å². The van der Waals surface area contributed by atoms with Gasteiger partial charge in [-0.15, -0.1) is 0 Å². The Labute approximate surface area is 114 Å². The summed E-state index contributed by atoms with van der Waals surface area (Å²) < 4.78 is 23.1. The molecule has 0 saturated heterocycles. The normalized spacial score (nSPS) is 13.2. The summed E-state index contributed by atoms with van der Waals surface area (Å²) in [5.41, 5.74) is 2.84. The van der Waals surface area contributed by atoms with Crippen LogP contribution in [0.4, 0.5) is 5.13 Å². The number of nitrogens with zero attached hydrogens (tertiary/aromatic N) is 1. The SMILES string of the molecule is CS(=O)(=O)c1ccc2c(c1)-c1nc(NCl)sc1C2. The van der Waals surface area contributed by atoms with E-state index in [9.17, 15) is 8.42 Å². The summed E-state index contributed by atoms with van der Waals surface area (Å²) in [4.78, 5) is 8.28. The first-order valence-electron chi connectivity index (χ1n) is 5.19. The van der Waals surface area contributed by atoms with Crippen LogP contribution < -0.4 is 4.84 Å². The summed E-state index contributed by atoms with van der Waals surface area (Å²) in [6.07, 6.45) is 1.99. The number of sulfone groups is 1. The fraction of sp³-hybridized carbons (Fsp3) is 0.182. The molecule has 18 heavy (non-hydrogen) atoms. The zero-order valence-electron chi connectivity index (χ0n) is 9.40. The molecule has 0 bridgehead atoms. The van der Waals surface area contributed by atoms with Crippen molar-refractivity contribution in [2.75, 3.05) is 11.1 Å². The number of aromatic nitrogens is 1. The molecule has 2 aromatic rings. The second kappa shape index (κ2) is 3.94. The van der Waals surface area contributed by atoms with E-state index in [2.05, 4.69) is 9.82 Å². The van der Waals surface area contributed by atoms with Gasteiger partial charge in [0.05, 0.1) is 10.6 Å². The van der Waals surface area contributed by atoms with Crippen LogP contribution >= 0.6 is 23.1 Å². The third-order valence-electron chi connectivity index (χ3n) is 2.89. The lowest BCUT2D eigenvalue weighted by Gasteiger charge is -2.03. The molecule has 1 heterocycles. The van der Waals surface area contributed by atoms with Crippen LogP contribution in [0.15, 0.2) is 23.1 Å². The molecule has 0 aliphatic heterocycles. The average Bonchev–Trinajstić information content (AvgIpc) is 2.83. The molecule has 1 aliphatic carbocycles. The average molecular weight is 301 g/mol. The molecule has 0 atom stereocenters. The van der Waals surface area contributed by atoms with Crippen LogP contribution in [0.25, 0.3) is 11.3 Å². The van der Waals surface area contributed by atoms with Crippen molar-refractivity contribution in [1.82, 2.24) is 4.98 Å². The quantitative estimate of drug-likeness (QED) is 0.739. The van der Waals surface area contributed by atoms with Crippen molar-refractivity contribution in [2.24, 2.45) is 0 Å². The first-order chi connectivity index (χ1) is 8.49. The summed E-state index contributed by atoms with van der Waals surface area (Å²) in [7, 11) is -3.19. The van der Waals surface area contributed by atoms with E-state index in [1.165, 1.54) is 17.6 Å². The van der Waals surface area contributed by atoms with Crippen molar-refractivity contribution >= 4 is 38.1 Å². The van der Waals surface area contributed by atoms with Gasteiger partial charge in [-0.3, -0.25) is 4.84 Å². The van der Waals surface area contributed by atoms with Gasteiger partial charge in [-0.2, -0.15) is 0 Å². The Kier molecular flexibility index (Phi) is 2.62. The number of rotatable bonds is 2. The molecule has 1 aliphatic rings. The van der Waals surface area contributed by atoms with Gasteiger partial charge < -0.3 is 0 Å². The molecule has 0 saturated carbocycles. The molecule has 0 amide bonds. The van der Waals surface area contributed by atoms with Crippen molar-refractivity contribution in [2.45, 2.75) is 11.3 Å². The van der Waals surface area contributed by atoms with Crippen LogP contribution in [0.3, 0.4) is 0 Å². The van der Waals surface area contributed by atoms with E-state index in [0.717, 1.165) is 28.1 Å². The molecule has 3 rings (SSSR count). The fourth-order valence-corrected chi connectivity index (χ4v) is 3.75. The molecule has 1 aromatic heterocycles. The van der Waals surface area contributed by atoms with E-state index in [0.29, 0.717) is 10.0 Å². The van der Waals surface area contributed by atoms with Crippen molar-refractivity contribution in [3.63, 3.8) is 0 Å². The van der Waals surface area contributed by atoms with Gasteiger partial charge in [0.25, 0.3) is 0 Å².